The van der Waals surface area contributed by atoms with E-state index in [1.807, 2.05) is 36.5 Å². The van der Waals surface area contributed by atoms with Crippen LogP contribution in [0, 0.1) is 0 Å². The zero-order valence-electron chi connectivity index (χ0n) is 66.4. The van der Waals surface area contributed by atoms with Gasteiger partial charge in [-0.05, 0) is 158 Å². The summed E-state index contributed by atoms with van der Waals surface area (Å²) in [5.41, 5.74) is 9.20. The number of ether oxygens (including phenoxy) is 4. The van der Waals surface area contributed by atoms with E-state index < -0.39 is 24.1 Å². The molecule has 2 saturated heterocycles. The first kappa shape index (κ1) is 85.8. The lowest BCUT2D eigenvalue weighted by Gasteiger charge is -2.27. The summed E-state index contributed by atoms with van der Waals surface area (Å²) in [6, 6.07) is 22.4. The van der Waals surface area contributed by atoms with Crippen LogP contribution in [0.15, 0.2) is 156 Å². The third-order valence-electron chi connectivity index (χ3n) is 20.6. The van der Waals surface area contributed by atoms with Gasteiger partial charge >= 0.3 is 11.9 Å². The SMILES string of the molecule is CCCCNC(=O)CCCCN1/C(=C\C=C\C2=[N+](C)c3ccccc3C2(C)C)C(C)(C)c2ccccc21.CCCCO[C@@H]1/C=C/C[C@@H](C)OC(=O)c2c(O)cc(O)cc2CC(=N/OCC(=O)N2CCCCC2)/C=C/C1.CO[C@@H]1/C=C/C[C@@H](C)OC(=O)c2c(O)cc(O)cc2CC(=N/OCC(=O)N2CCCCC2)/C=C/C1. The summed E-state index contributed by atoms with van der Waals surface area (Å²) < 4.78 is 24.9. The summed E-state index contributed by atoms with van der Waals surface area (Å²) in [4.78, 5) is 79.8. The van der Waals surface area contributed by atoms with E-state index in [0.717, 1.165) is 128 Å². The van der Waals surface area contributed by atoms with Crippen molar-refractivity contribution in [3.63, 3.8) is 0 Å². The molecule has 6 aliphatic heterocycles. The number of anilines is 1. The van der Waals surface area contributed by atoms with E-state index in [1.54, 1.807) is 42.9 Å². The van der Waals surface area contributed by atoms with E-state index in [0.29, 0.717) is 61.3 Å². The van der Waals surface area contributed by atoms with Crippen molar-refractivity contribution in [1.29, 1.82) is 0 Å². The summed E-state index contributed by atoms with van der Waals surface area (Å²) in [6.45, 7) is 21.9. The van der Waals surface area contributed by atoms with Gasteiger partial charge in [-0.1, -0.05) is 130 Å². The highest BCUT2D eigenvalue weighted by Gasteiger charge is 2.43. The highest BCUT2D eigenvalue weighted by molar-refractivity contribution is 6.04. The van der Waals surface area contributed by atoms with Crippen molar-refractivity contribution >= 4 is 58.2 Å². The van der Waals surface area contributed by atoms with Crippen LogP contribution in [0.3, 0.4) is 0 Å². The van der Waals surface area contributed by atoms with Crippen molar-refractivity contribution < 1.29 is 77.6 Å². The molecule has 0 aliphatic carbocycles. The smallest absolute Gasteiger partial charge is 0.342 e. The van der Waals surface area contributed by atoms with Crippen LogP contribution >= 0.6 is 0 Å². The summed E-state index contributed by atoms with van der Waals surface area (Å²) in [6.07, 6.45) is 35.5. The standard InChI is InChI=1S/C33H43N3O.C29H40N2O7.C26H34N2O7/c1-7-8-23-34-31(37)22-13-14-24-36-28-19-12-10-17-26(28)33(4,5)30(36)21-15-20-29-32(2,3)25-16-9-11-18-27(25)35(29)6;1-3-4-16-36-25-12-8-10-21(2)38-29(35)28-22(18-24(32)19-26(28)33)17-23(11-9-13-25)30-37-20-27(34)31-14-6-5-7-15-31;1-18-8-6-10-22(33-2)11-7-9-20(27-34-17-24(31)28-12-4-3-5-13-28)14-19-15-21(29)16-23(30)25(19)26(32)35-18/h9-12,15-21H,7-8,13-14,22-24H2,1-6H3;8-9,11-12,18-19,21,25,32-33H,3-7,10,13-17,20H2,1-2H3;6-7,9-10,15-16,18,22,29-30H,3-5,8,11-14,17H2,1-2H3/p+1/b;11-9+,12-8+,30-23+;9-7+,10-6+,27-20+/t;21-,25-;18-,22-/m.11/s1. The number of esters is 2. The number of rotatable bonds is 21. The van der Waals surface area contributed by atoms with Crippen LogP contribution in [0.25, 0.3) is 0 Å². The Morgan fingerprint density at radius 2 is 1.15 bits per heavy atom. The van der Waals surface area contributed by atoms with Gasteiger partial charge in [0.25, 0.3) is 11.8 Å². The van der Waals surface area contributed by atoms with Crippen LogP contribution in [0.2, 0.25) is 0 Å². The highest BCUT2D eigenvalue weighted by Crippen LogP contribution is 2.48. The van der Waals surface area contributed by atoms with Crippen LogP contribution in [-0.2, 0) is 66.7 Å². The molecule has 22 nitrogen and oxygen atoms in total. The number of phenolic OH excluding ortho intramolecular Hbond substituents is 4. The van der Waals surface area contributed by atoms with Crippen molar-refractivity contribution in [1.82, 2.24) is 15.1 Å². The maximum absolute atomic E-state index is 13.0. The second kappa shape index (κ2) is 43.0. The number of fused-ring (bicyclic) bond motifs is 4. The molecule has 0 radical (unpaired) electrons. The number of aromatic hydroxyl groups is 4. The largest absolute Gasteiger partial charge is 0.508 e. The number of methoxy groups -OCH3 is 1. The second-order valence-corrected chi connectivity index (χ2v) is 30.0. The molecule has 4 aromatic rings. The number of carbonyl (C=O) groups is 5. The van der Waals surface area contributed by atoms with Crippen molar-refractivity contribution in [3.05, 3.63) is 179 Å². The first-order valence-electron chi connectivity index (χ1n) is 39.4. The number of oxime groups is 2. The van der Waals surface area contributed by atoms with Crippen LogP contribution < -0.4 is 10.2 Å². The zero-order chi connectivity index (χ0) is 79.2. The van der Waals surface area contributed by atoms with Crippen LogP contribution in [0.5, 0.6) is 23.0 Å². The predicted molar refractivity (Wildman–Crippen MR) is 431 cm³/mol. The Balaban J connectivity index is 0.000000208. The van der Waals surface area contributed by atoms with Gasteiger partial charge in [0.2, 0.25) is 11.6 Å². The van der Waals surface area contributed by atoms with E-state index in [9.17, 15) is 44.4 Å². The first-order chi connectivity index (χ1) is 52.9. The van der Waals surface area contributed by atoms with Gasteiger partial charge < -0.3 is 69.1 Å². The number of nitrogens with zero attached hydrogens (tertiary/aromatic N) is 6. The number of carbonyl (C=O) groups excluding carboxylic acids is 5. The number of likely N-dealkylation sites (tertiary alicyclic amines) is 2. The summed E-state index contributed by atoms with van der Waals surface area (Å²) >= 11 is 0. The fraction of sp³-hybridized carbons (Fsp3) is 0.500. The Morgan fingerprint density at radius 1 is 0.636 bits per heavy atom. The van der Waals surface area contributed by atoms with Crippen LogP contribution in [0.1, 0.15) is 208 Å². The van der Waals surface area contributed by atoms with Crippen molar-refractivity contribution in [2.45, 2.75) is 213 Å². The fourth-order valence-electron chi connectivity index (χ4n) is 14.4. The molecule has 2 fully saturated rings. The van der Waals surface area contributed by atoms with Gasteiger partial charge in [-0.15, -0.1) is 0 Å². The molecule has 0 saturated carbocycles. The van der Waals surface area contributed by atoms with Gasteiger partial charge in [0.05, 0.1) is 29.0 Å². The number of phenols is 4. The summed E-state index contributed by atoms with van der Waals surface area (Å²) in [5, 5.41) is 52.4. The minimum atomic E-state index is -0.705. The molecule has 0 aromatic heterocycles. The molecule has 594 valence electrons. The number of hydrogen-bond donors (Lipinski definition) is 5. The summed E-state index contributed by atoms with van der Waals surface area (Å²) in [7, 11) is 3.78. The Hall–Kier alpha value is -9.80. The van der Waals surface area contributed by atoms with E-state index in [4.69, 9.17) is 28.6 Å². The number of piperidine rings is 2. The monoisotopic (exact) mass is 1510 g/mol. The topological polar surface area (TPSA) is 271 Å². The summed E-state index contributed by atoms with van der Waals surface area (Å²) in [5.74, 6) is -2.64. The third kappa shape index (κ3) is 24.9. The predicted octanol–water partition coefficient (Wildman–Crippen LogP) is 15.2. The number of hydrogen-bond acceptors (Lipinski definition) is 18. The van der Waals surface area contributed by atoms with Gasteiger partial charge in [0.15, 0.2) is 18.9 Å². The minimum Gasteiger partial charge on any atom is -0.508 e. The van der Waals surface area contributed by atoms with E-state index in [2.05, 4.69) is 140 Å². The number of para-hydroxylation sites is 2. The Bertz CT molecular complexity index is 4060. The van der Waals surface area contributed by atoms with Crippen molar-refractivity contribution in [2.75, 3.05) is 78.1 Å². The molecule has 6 heterocycles. The Morgan fingerprint density at radius 3 is 1.69 bits per heavy atom. The maximum atomic E-state index is 13.0. The van der Waals surface area contributed by atoms with Gasteiger partial charge in [-0.2, -0.15) is 4.58 Å². The average molecular weight is 1510 g/mol. The third-order valence-corrected chi connectivity index (χ3v) is 20.6. The number of unbranched alkanes of at least 4 members (excludes halogenated alkanes) is 3. The van der Waals surface area contributed by atoms with Gasteiger partial charge in [0, 0.05) is 132 Å². The molecule has 6 aliphatic rings. The van der Waals surface area contributed by atoms with Crippen LogP contribution in [0.4, 0.5) is 11.4 Å². The molecule has 4 atom stereocenters. The quantitative estimate of drug-likeness (QED) is 0.0171. The van der Waals surface area contributed by atoms with Crippen molar-refractivity contribution in [2.24, 2.45) is 10.3 Å². The normalized spacial score (nSPS) is 22.3. The minimum absolute atomic E-state index is 0.0358. The molecular weight excluding hydrogens is 1400 g/mol. The molecule has 4 aromatic carbocycles. The Labute approximate surface area is 650 Å². The molecule has 0 bridgehead atoms. The number of cyclic esters (lactones) is 2. The zero-order valence-corrected chi connectivity index (χ0v) is 66.4. The van der Waals surface area contributed by atoms with Crippen LogP contribution in [-0.4, -0.2) is 179 Å². The molecular formula is C88H118N7O15+. The lowest BCUT2D eigenvalue weighted by Crippen LogP contribution is -2.37. The average Bonchev–Trinajstić information content (AvgIpc) is 1.60. The van der Waals surface area contributed by atoms with E-state index in [1.165, 1.54) is 46.0 Å². The van der Waals surface area contributed by atoms with E-state index in [-0.39, 0.29) is 101 Å². The molecule has 0 unspecified atom stereocenters. The fourth-order valence-corrected chi connectivity index (χ4v) is 14.4. The first-order valence-corrected chi connectivity index (χ1v) is 39.4. The lowest BCUT2D eigenvalue weighted by atomic mass is 9.81. The number of amides is 3. The molecule has 0 spiro atoms. The Kier molecular flexibility index (Phi) is 33.5. The molecule has 3 amide bonds. The lowest BCUT2D eigenvalue weighted by molar-refractivity contribution is -0.401. The molecule has 22 heteroatoms. The second-order valence-electron chi connectivity index (χ2n) is 30.0. The van der Waals surface area contributed by atoms with E-state index >= 15 is 0 Å². The van der Waals surface area contributed by atoms with Gasteiger partial charge in [-0.3, -0.25) is 14.4 Å². The number of allylic oxidation sites excluding steroid dienone is 6. The maximum Gasteiger partial charge on any atom is 0.342 e. The molecule has 5 N–H and O–H groups in total. The number of nitrogens with one attached hydrogen (secondary N) is 1. The molecule has 10 rings (SSSR count). The van der Waals surface area contributed by atoms with Gasteiger partial charge in [-0.25, -0.2) is 9.59 Å². The van der Waals surface area contributed by atoms with Gasteiger partial charge in [0.1, 0.15) is 53.4 Å². The van der Waals surface area contributed by atoms with Crippen molar-refractivity contribution in [3.8, 4) is 23.0 Å². The molecule has 110 heavy (non-hydrogen) atoms. The number of benzene rings is 4. The highest BCUT2D eigenvalue weighted by atomic mass is 16.6.